The van der Waals surface area contributed by atoms with Crippen LogP contribution in [-0.4, -0.2) is 30.2 Å². The van der Waals surface area contributed by atoms with Gasteiger partial charge in [-0.1, -0.05) is 0 Å². The Bertz CT molecular complexity index is 561. The van der Waals surface area contributed by atoms with Crippen molar-refractivity contribution in [1.29, 1.82) is 0 Å². The van der Waals surface area contributed by atoms with E-state index >= 15 is 0 Å². The SMILES string of the molecule is O=NN(CCCl)S(=O)(=O)Nc1ccc([N+](=O)[O-])cc1. The van der Waals surface area contributed by atoms with E-state index in [1.165, 1.54) is 12.1 Å². The quantitative estimate of drug-likeness (QED) is 0.354. The van der Waals surface area contributed by atoms with E-state index in [2.05, 4.69) is 5.29 Å². The van der Waals surface area contributed by atoms with Crippen molar-refractivity contribution in [2.45, 2.75) is 0 Å². The summed E-state index contributed by atoms with van der Waals surface area (Å²) >= 11 is 5.33. The molecule has 0 bridgehead atoms. The maximum Gasteiger partial charge on any atom is 0.341 e. The van der Waals surface area contributed by atoms with E-state index in [4.69, 9.17) is 11.6 Å². The molecule has 0 saturated heterocycles. The third-order valence-corrected chi connectivity index (χ3v) is 3.44. The number of non-ortho nitro benzene ring substituents is 1. The topological polar surface area (TPSA) is 122 Å². The van der Waals surface area contributed by atoms with Crippen molar-refractivity contribution in [3.8, 4) is 0 Å². The molecule has 0 aliphatic rings. The number of anilines is 1. The van der Waals surface area contributed by atoms with E-state index in [1.54, 1.807) is 0 Å². The molecule has 1 rings (SSSR count). The van der Waals surface area contributed by atoms with Crippen LogP contribution in [0.4, 0.5) is 11.4 Å². The third-order valence-electron chi connectivity index (χ3n) is 1.97. The maximum absolute atomic E-state index is 11.7. The van der Waals surface area contributed by atoms with Crippen molar-refractivity contribution >= 4 is 33.2 Å². The van der Waals surface area contributed by atoms with Gasteiger partial charge < -0.3 is 0 Å². The van der Waals surface area contributed by atoms with E-state index in [0.717, 1.165) is 12.1 Å². The number of halogens is 1. The van der Waals surface area contributed by atoms with Gasteiger partial charge in [0.1, 0.15) is 0 Å². The number of rotatable bonds is 7. The molecule has 0 aromatic heterocycles. The highest BCUT2D eigenvalue weighted by Gasteiger charge is 2.21. The fraction of sp³-hybridized carbons (Fsp3) is 0.250. The predicted molar refractivity (Wildman–Crippen MR) is 68.9 cm³/mol. The molecule has 0 radical (unpaired) electrons. The second kappa shape index (κ2) is 6.29. The van der Waals surface area contributed by atoms with Gasteiger partial charge in [0.2, 0.25) is 0 Å². The van der Waals surface area contributed by atoms with Crippen molar-refractivity contribution in [3.05, 3.63) is 39.3 Å². The first-order valence-corrected chi connectivity index (χ1v) is 6.82. The molecule has 104 valence electrons. The zero-order valence-corrected chi connectivity index (χ0v) is 11.0. The minimum absolute atomic E-state index is 0.0637. The minimum atomic E-state index is -4.17. The second-order valence-corrected chi connectivity index (χ2v) is 5.18. The highest BCUT2D eigenvalue weighted by Crippen LogP contribution is 2.17. The predicted octanol–water partition coefficient (Wildman–Crippen LogP) is 1.47. The van der Waals surface area contributed by atoms with Crippen LogP contribution in [0.25, 0.3) is 0 Å². The van der Waals surface area contributed by atoms with Crippen molar-refractivity contribution < 1.29 is 13.3 Å². The van der Waals surface area contributed by atoms with E-state index in [0.29, 0.717) is 0 Å². The van der Waals surface area contributed by atoms with E-state index in [-0.39, 0.29) is 28.2 Å². The van der Waals surface area contributed by atoms with Crippen LogP contribution in [0.15, 0.2) is 29.6 Å². The van der Waals surface area contributed by atoms with Gasteiger partial charge in [-0.25, -0.2) is 0 Å². The van der Waals surface area contributed by atoms with Crippen molar-refractivity contribution in [3.63, 3.8) is 0 Å². The van der Waals surface area contributed by atoms with E-state index < -0.39 is 15.1 Å². The standard InChI is InChI=1S/C8H9ClN4O5S/c9-5-6-12(11-14)19(17,18)10-7-1-3-8(4-2-7)13(15)16/h1-4,10H,5-6H2. The van der Waals surface area contributed by atoms with Gasteiger partial charge in [-0.05, 0) is 12.1 Å². The van der Waals surface area contributed by atoms with E-state index in [9.17, 15) is 23.4 Å². The Morgan fingerprint density at radius 3 is 2.37 bits per heavy atom. The molecule has 0 heterocycles. The molecule has 1 aromatic carbocycles. The van der Waals surface area contributed by atoms with Gasteiger partial charge in [0.05, 0.1) is 22.4 Å². The molecular formula is C8H9ClN4O5S. The lowest BCUT2D eigenvalue weighted by atomic mass is 10.3. The number of nitro groups is 1. The zero-order chi connectivity index (χ0) is 14.5. The minimum Gasteiger partial charge on any atom is -0.265 e. The Morgan fingerprint density at radius 2 is 1.95 bits per heavy atom. The van der Waals surface area contributed by atoms with Gasteiger partial charge >= 0.3 is 10.2 Å². The van der Waals surface area contributed by atoms with Crippen LogP contribution in [0, 0.1) is 15.0 Å². The maximum atomic E-state index is 11.7. The van der Waals surface area contributed by atoms with Crippen molar-refractivity contribution in [2.75, 3.05) is 17.1 Å². The van der Waals surface area contributed by atoms with Crippen LogP contribution < -0.4 is 4.72 Å². The van der Waals surface area contributed by atoms with E-state index in [1.807, 2.05) is 4.72 Å². The lowest BCUT2D eigenvalue weighted by molar-refractivity contribution is -0.384. The zero-order valence-electron chi connectivity index (χ0n) is 9.39. The third kappa shape index (κ3) is 4.03. The number of hydrogen-bond acceptors (Lipinski definition) is 6. The molecule has 0 spiro atoms. The molecule has 19 heavy (non-hydrogen) atoms. The van der Waals surface area contributed by atoms with Crippen LogP contribution in [-0.2, 0) is 10.2 Å². The lowest BCUT2D eigenvalue weighted by Crippen LogP contribution is -2.32. The van der Waals surface area contributed by atoms with Gasteiger partial charge in [-0.3, -0.25) is 14.8 Å². The number of nitro benzene ring substituents is 1. The number of nitroso groups, excluding NO2 is 1. The molecule has 11 heteroatoms. The Labute approximate surface area is 113 Å². The Balaban J connectivity index is 2.88. The van der Waals surface area contributed by atoms with Crippen molar-refractivity contribution in [2.24, 2.45) is 5.29 Å². The summed E-state index contributed by atoms with van der Waals surface area (Å²) in [6.45, 7) is -0.284. The molecular weight excluding hydrogens is 300 g/mol. The fourth-order valence-electron chi connectivity index (χ4n) is 1.13. The number of benzene rings is 1. The van der Waals surface area contributed by atoms with Crippen LogP contribution in [0.2, 0.25) is 0 Å². The number of nitrogens with one attached hydrogen (secondary N) is 1. The molecule has 0 atom stereocenters. The molecule has 1 aromatic rings. The molecule has 0 fully saturated rings. The molecule has 0 unspecified atom stereocenters. The Morgan fingerprint density at radius 1 is 1.37 bits per heavy atom. The summed E-state index contributed by atoms with van der Waals surface area (Å²) in [5.41, 5.74) is -0.122. The summed E-state index contributed by atoms with van der Waals surface area (Å²) in [6, 6.07) is 4.63. The van der Waals surface area contributed by atoms with Crippen LogP contribution >= 0.6 is 11.6 Å². The summed E-state index contributed by atoms with van der Waals surface area (Å²) in [5.74, 6) is -0.104. The largest absolute Gasteiger partial charge is 0.341 e. The highest BCUT2D eigenvalue weighted by atomic mass is 35.5. The average Bonchev–Trinajstić information content (AvgIpc) is 2.35. The van der Waals surface area contributed by atoms with Crippen LogP contribution in [0.3, 0.4) is 0 Å². The summed E-state index contributed by atoms with van der Waals surface area (Å²) in [4.78, 5) is 20.2. The molecule has 0 saturated carbocycles. The Hall–Kier alpha value is -1.94. The Kier molecular flexibility index (Phi) is 5.01. The summed E-state index contributed by atoms with van der Waals surface area (Å²) < 4.78 is 25.6. The summed E-state index contributed by atoms with van der Waals surface area (Å²) in [5, 5.41) is 12.8. The molecule has 1 N–H and O–H groups in total. The normalized spacial score (nSPS) is 10.8. The van der Waals surface area contributed by atoms with Gasteiger partial charge in [-0.15, -0.1) is 20.9 Å². The van der Waals surface area contributed by atoms with Gasteiger partial charge in [0, 0.05) is 18.0 Å². The van der Waals surface area contributed by atoms with Gasteiger partial charge in [-0.2, -0.15) is 8.42 Å². The molecule has 0 amide bonds. The highest BCUT2D eigenvalue weighted by molar-refractivity contribution is 7.90. The van der Waals surface area contributed by atoms with Crippen LogP contribution in [0.1, 0.15) is 0 Å². The molecule has 0 aliphatic carbocycles. The number of hydrogen-bond donors (Lipinski definition) is 1. The molecule has 0 aliphatic heterocycles. The first-order chi connectivity index (χ1) is 8.90. The van der Waals surface area contributed by atoms with Gasteiger partial charge in [0.15, 0.2) is 0 Å². The fourth-order valence-corrected chi connectivity index (χ4v) is 2.35. The first-order valence-electron chi connectivity index (χ1n) is 4.85. The van der Waals surface area contributed by atoms with Crippen molar-refractivity contribution in [1.82, 2.24) is 4.41 Å². The molecule has 9 nitrogen and oxygen atoms in total. The second-order valence-electron chi connectivity index (χ2n) is 3.23. The summed E-state index contributed by atoms with van der Waals surface area (Å²) in [6.07, 6.45) is 0. The monoisotopic (exact) mass is 308 g/mol. The van der Waals surface area contributed by atoms with Crippen LogP contribution in [0.5, 0.6) is 0 Å². The van der Waals surface area contributed by atoms with Gasteiger partial charge in [0.25, 0.3) is 5.69 Å². The number of alkyl halides is 1. The smallest absolute Gasteiger partial charge is 0.265 e. The average molecular weight is 309 g/mol. The number of nitrogens with zero attached hydrogens (tertiary/aromatic N) is 3. The first kappa shape index (κ1) is 15.1. The summed E-state index contributed by atoms with van der Waals surface area (Å²) in [7, 11) is -4.17. The lowest BCUT2D eigenvalue weighted by Gasteiger charge is -2.15.